The largest absolute Gasteiger partial charge is 0.348 e. The number of aromatic nitrogens is 2. The average molecular weight is 322 g/mol. The number of hydrogen-bond acceptors (Lipinski definition) is 3. The number of benzene rings is 1. The second kappa shape index (κ2) is 6.95. The predicted molar refractivity (Wildman–Crippen MR) is 90.5 cm³/mol. The van der Waals surface area contributed by atoms with Gasteiger partial charge in [0.1, 0.15) is 0 Å². The number of pyridine rings is 1. The molecule has 2 heterocycles. The molecule has 0 saturated heterocycles. The van der Waals surface area contributed by atoms with Crippen molar-refractivity contribution in [2.45, 2.75) is 13.0 Å². The zero-order valence-electron chi connectivity index (χ0n) is 13.3. The minimum atomic E-state index is -0.374. The van der Waals surface area contributed by atoms with Gasteiger partial charge < -0.3 is 10.6 Å². The molecule has 6 heteroatoms. The molecule has 2 amide bonds. The quantitative estimate of drug-likeness (QED) is 0.754. The summed E-state index contributed by atoms with van der Waals surface area (Å²) in [7, 11) is 0. The lowest BCUT2D eigenvalue weighted by Crippen LogP contribution is -2.38. The van der Waals surface area contributed by atoms with Gasteiger partial charge in [-0.2, -0.15) is 5.10 Å². The van der Waals surface area contributed by atoms with Gasteiger partial charge in [0.2, 0.25) is 5.91 Å². The van der Waals surface area contributed by atoms with Gasteiger partial charge in [-0.25, -0.2) is 4.52 Å². The first-order valence-electron chi connectivity index (χ1n) is 7.70. The van der Waals surface area contributed by atoms with E-state index in [-0.39, 0.29) is 30.1 Å². The van der Waals surface area contributed by atoms with Crippen molar-refractivity contribution < 1.29 is 9.59 Å². The van der Waals surface area contributed by atoms with Crippen LogP contribution >= 0.6 is 0 Å². The molecular formula is C18H18N4O2. The molecule has 3 aromatic rings. The van der Waals surface area contributed by atoms with Crippen LogP contribution in [0.1, 0.15) is 29.0 Å². The number of hydrogen-bond donors (Lipinski definition) is 2. The maximum absolute atomic E-state index is 12.1. The van der Waals surface area contributed by atoms with E-state index in [1.165, 1.54) is 0 Å². The van der Waals surface area contributed by atoms with Crippen LogP contribution in [0.4, 0.5) is 0 Å². The fraction of sp³-hybridized carbons (Fsp3) is 0.167. The molecule has 0 aliphatic heterocycles. The van der Waals surface area contributed by atoms with Gasteiger partial charge in [0, 0.05) is 6.20 Å². The molecule has 0 bridgehead atoms. The van der Waals surface area contributed by atoms with E-state index in [9.17, 15) is 9.59 Å². The van der Waals surface area contributed by atoms with Crippen LogP contribution in [-0.4, -0.2) is 28.0 Å². The van der Waals surface area contributed by atoms with Gasteiger partial charge in [0.15, 0.2) is 5.69 Å². The van der Waals surface area contributed by atoms with E-state index in [1.807, 2.05) is 55.5 Å². The first kappa shape index (κ1) is 15.7. The first-order valence-corrected chi connectivity index (χ1v) is 7.70. The molecule has 1 aromatic carbocycles. The molecular weight excluding hydrogens is 304 g/mol. The van der Waals surface area contributed by atoms with Crippen molar-refractivity contribution in [3.63, 3.8) is 0 Å². The smallest absolute Gasteiger partial charge is 0.272 e. The zero-order chi connectivity index (χ0) is 16.9. The number of carbonyl (C=O) groups is 2. The number of fused-ring (bicyclic) bond motifs is 1. The summed E-state index contributed by atoms with van der Waals surface area (Å²) in [4.78, 5) is 24.1. The van der Waals surface area contributed by atoms with Crippen molar-refractivity contribution in [2.24, 2.45) is 0 Å². The fourth-order valence-electron chi connectivity index (χ4n) is 2.42. The van der Waals surface area contributed by atoms with Gasteiger partial charge in [0.05, 0.1) is 18.1 Å². The molecule has 6 nitrogen and oxygen atoms in total. The summed E-state index contributed by atoms with van der Waals surface area (Å²) < 4.78 is 1.62. The minimum Gasteiger partial charge on any atom is -0.348 e. The summed E-state index contributed by atoms with van der Waals surface area (Å²) in [5, 5.41) is 9.61. The van der Waals surface area contributed by atoms with Crippen molar-refractivity contribution in [1.82, 2.24) is 20.2 Å². The summed E-state index contributed by atoms with van der Waals surface area (Å²) in [5.41, 5.74) is 2.12. The van der Waals surface area contributed by atoms with Crippen molar-refractivity contribution in [3.05, 3.63) is 72.1 Å². The summed E-state index contributed by atoms with van der Waals surface area (Å²) in [5.74, 6) is -0.621. The third-order valence-electron chi connectivity index (χ3n) is 3.69. The Balaban J connectivity index is 1.55. The Morgan fingerprint density at radius 1 is 1.12 bits per heavy atom. The Labute approximate surface area is 139 Å². The highest BCUT2D eigenvalue weighted by Gasteiger charge is 2.13. The highest BCUT2D eigenvalue weighted by molar-refractivity contribution is 5.95. The van der Waals surface area contributed by atoms with Crippen LogP contribution < -0.4 is 10.6 Å². The van der Waals surface area contributed by atoms with Crippen LogP contribution in [0.5, 0.6) is 0 Å². The molecule has 2 N–H and O–H groups in total. The van der Waals surface area contributed by atoms with Crippen LogP contribution in [-0.2, 0) is 4.79 Å². The lowest BCUT2D eigenvalue weighted by Gasteiger charge is -2.14. The topological polar surface area (TPSA) is 75.5 Å². The maximum atomic E-state index is 12.1. The van der Waals surface area contributed by atoms with Gasteiger partial charge in [-0.1, -0.05) is 36.4 Å². The normalized spacial score (nSPS) is 11.9. The van der Waals surface area contributed by atoms with Gasteiger partial charge >= 0.3 is 0 Å². The molecule has 0 radical (unpaired) electrons. The zero-order valence-corrected chi connectivity index (χ0v) is 13.3. The van der Waals surface area contributed by atoms with E-state index in [4.69, 9.17) is 0 Å². The molecule has 3 rings (SSSR count). The molecule has 0 saturated carbocycles. The Morgan fingerprint density at radius 3 is 2.62 bits per heavy atom. The standard InChI is InChI=1S/C18H18N4O2/c1-13(14-7-3-2-4-8-14)20-17(23)12-19-18(24)16-11-15-9-5-6-10-22(15)21-16/h2-11,13H,12H2,1H3,(H,19,24)(H,20,23). The second-order valence-corrected chi connectivity index (χ2v) is 5.48. The van der Waals surface area contributed by atoms with E-state index in [1.54, 1.807) is 16.8 Å². The summed E-state index contributed by atoms with van der Waals surface area (Å²) >= 11 is 0. The Morgan fingerprint density at radius 2 is 1.88 bits per heavy atom. The number of carbonyl (C=O) groups excluding carboxylic acids is 2. The molecule has 2 aromatic heterocycles. The van der Waals surface area contributed by atoms with Crippen molar-refractivity contribution in [3.8, 4) is 0 Å². The van der Waals surface area contributed by atoms with Crippen LogP contribution in [0.15, 0.2) is 60.8 Å². The molecule has 122 valence electrons. The van der Waals surface area contributed by atoms with Gasteiger partial charge in [-0.15, -0.1) is 0 Å². The summed E-state index contributed by atoms with van der Waals surface area (Å²) in [6.45, 7) is 1.81. The number of nitrogens with one attached hydrogen (secondary N) is 2. The third-order valence-corrected chi connectivity index (χ3v) is 3.69. The molecule has 1 unspecified atom stereocenters. The monoisotopic (exact) mass is 322 g/mol. The first-order chi connectivity index (χ1) is 11.6. The van der Waals surface area contributed by atoms with E-state index in [0.29, 0.717) is 0 Å². The average Bonchev–Trinajstić information content (AvgIpc) is 3.04. The lowest BCUT2D eigenvalue weighted by molar-refractivity contribution is -0.120. The molecule has 0 fully saturated rings. The molecule has 1 atom stereocenters. The number of nitrogens with zero attached hydrogens (tertiary/aromatic N) is 2. The predicted octanol–water partition coefficient (Wildman–Crippen LogP) is 1.94. The Hall–Kier alpha value is -3.15. The van der Waals surface area contributed by atoms with Crippen molar-refractivity contribution >= 4 is 17.3 Å². The van der Waals surface area contributed by atoms with Gasteiger partial charge in [0.25, 0.3) is 5.91 Å². The highest BCUT2D eigenvalue weighted by atomic mass is 16.2. The third kappa shape index (κ3) is 3.60. The Bertz CT molecular complexity index is 825. The van der Waals surface area contributed by atoms with E-state index in [0.717, 1.165) is 11.1 Å². The second-order valence-electron chi connectivity index (χ2n) is 5.48. The summed E-state index contributed by atoms with van der Waals surface area (Å²) in [6, 6.07) is 16.8. The van der Waals surface area contributed by atoms with Crippen LogP contribution in [0.2, 0.25) is 0 Å². The van der Waals surface area contributed by atoms with Crippen LogP contribution in [0, 0.1) is 0 Å². The molecule has 0 aliphatic rings. The number of amides is 2. The SMILES string of the molecule is CC(NC(=O)CNC(=O)c1cc2ccccn2n1)c1ccccc1. The van der Waals surface area contributed by atoms with Crippen LogP contribution in [0.3, 0.4) is 0 Å². The van der Waals surface area contributed by atoms with E-state index in [2.05, 4.69) is 15.7 Å². The van der Waals surface area contributed by atoms with E-state index >= 15 is 0 Å². The molecule has 0 spiro atoms. The fourth-order valence-corrected chi connectivity index (χ4v) is 2.42. The van der Waals surface area contributed by atoms with Gasteiger partial charge in [-0.3, -0.25) is 9.59 Å². The lowest BCUT2D eigenvalue weighted by atomic mass is 10.1. The maximum Gasteiger partial charge on any atom is 0.272 e. The number of rotatable bonds is 5. The molecule has 0 aliphatic carbocycles. The van der Waals surface area contributed by atoms with Crippen molar-refractivity contribution in [1.29, 1.82) is 0 Å². The minimum absolute atomic E-state index is 0.0934. The Kier molecular flexibility index (Phi) is 4.56. The summed E-state index contributed by atoms with van der Waals surface area (Å²) in [6.07, 6.45) is 1.76. The van der Waals surface area contributed by atoms with Crippen LogP contribution in [0.25, 0.3) is 5.52 Å². The van der Waals surface area contributed by atoms with Gasteiger partial charge in [-0.05, 0) is 30.7 Å². The van der Waals surface area contributed by atoms with E-state index < -0.39 is 0 Å². The highest BCUT2D eigenvalue weighted by Crippen LogP contribution is 2.10. The molecule has 24 heavy (non-hydrogen) atoms. The van der Waals surface area contributed by atoms with Crippen molar-refractivity contribution in [2.75, 3.05) is 6.54 Å².